The van der Waals surface area contributed by atoms with Gasteiger partial charge in [0, 0.05) is 30.7 Å². The molecule has 0 saturated carbocycles. The summed E-state index contributed by atoms with van der Waals surface area (Å²) >= 11 is 1.59. The number of anilines is 5. The van der Waals surface area contributed by atoms with Crippen LogP contribution in [0.4, 0.5) is 28.8 Å². The summed E-state index contributed by atoms with van der Waals surface area (Å²) in [5, 5.41) is 15.8. The zero-order valence-corrected chi connectivity index (χ0v) is 19.9. The third-order valence-electron chi connectivity index (χ3n) is 5.06. The maximum absolute atomic E-state index is 12.8. The summed E-state index contributed by atoms with van der Waals surface area (Å²) < 4.78 is 1.59. The number of thiophene rings is 1. The van der Waals surface area contributed by atoms with Crippen LogP contribution in [0.2, 0.25) is 0 Å². The molecule has 4 aromatic heterocycles. The van der Waals surface area contributed by atoms with E-state index in [1.165, 1.54) is 0 Å². The Morgan fingerprint density at radius 2 is 1.66 bits per heavy atom. The number of amides is 1. The molecule has 0 unspecified atom stereocenters. The topological polar surface area (TPSA) is 110 Å². The zero-order valence-electron chi connectivity index (χ0n) is 19.1. The fourth-order valence-corrected chi connectivity index (χ4v) is 4.15. The molecule has 0 aliphatic carbocycles. The van der Waals surface area contributed by atoms with Crippen molar-refractivity contribution in [3.8, 4) is 10.6 Å². The highest BCUT2D eigenvalue weighted by atomic mass is 32.1. The minimum atomic E-state index is -0.222. The van der Waals surface area contributed by atoms with Crippen LogP contribution in [0.3, 0.4) is 0 Å². The van der Waals surface area contributed by atoms with Crippen LogP contribution in [0.15, 0.2) is 78.3 Å². The van der Waals surface area contributed by atoms with Gasteiger partial charge in [0.1, 0.15) is 34.7 Å². The maximum Gasteiger partial charge on any atom is 0.273 e. The number of rotatable bonds is 7. The number of carbonyl (C=O) groups excluding carboxylic acids is 1. The van der Waals surface area contributed by atoms with Gasteiger partial charge >= 0.3 is 0 Å². The SMILES string of the molecule is Cc1nc(Nc2ccc(NC(=O)c3cc(-c4cccs4)nn3C)cc2)cc(Nc2ccccn2)n1. The third kappa shape index (κ3) is 5.33. The minimum Gasteiger partial charge on any atom is -0.340 e. The summed E-state index contributed by atoms with van der Waals surface area (Å²) in [5.74, 6) is 2.38. The van der Waals surface area contributed by atoms with Crippen LogP contribution in [0.25, 0.3) is 10.6 Å². The second-order valence-corrected chi connectivity index (χ2v) is 8.65. The van der Waals surface area contributed by atoms with Crippen LogP contribution in [-0.2, 0) is 7.05 Å². The van der Waals surface area contributed by atoms with Crippen LogP contribution >= 0.6 is 11.3 Å². The van der Waals surface area contributed by atoms with E-state index in [-0.39, 0.29) is 5.91 Å². The number of pyridine rings is 1. The lowest BCUT2D eigenvalue weighted by molar-refractivity contribution is 0.101. The van der Waals surface area contributed by atoms with Crippen molar-refractivity contribution in [2.45, 2.75) is 6.92 Å². The maximum atomic E-state index is 12.8. The fraction of sp³-hybridized carbons (Fsp3) is 0.0800. The Kier molecular flexibility index (Phi) is 6.18. The molecule has 4 heterocycles. The number of aromatic nitrogens is 5. The van der Waals surface area contributed by atoms with Crippen LogP contribution in [0, 0.1) is 6.92 Å². The van der Waals surface area contributed by atoms with Crippen molar-refractivity contribution in [3.05, 3.63) is 89.8 Å². The number of hydrogen-bond donors (Lipinski definition) is 3. The van der Waals surface area contributed by atoms with Crippen molar-refractivity contribution >= 4 is 46.1 Å². The molecule has 0 fully saturated rings. The molecule has 5 aromatic rings. The van der Waals surface area contributed by atoms with E-state index in [2.05, 4.69) is 36.0 Å². The molecule has 9 nitrogen and oxygen atoms in total. The Balaban J connectivity index is 1.25. The smallest absolute Gasteiger partial charge is 0.273 e. The van der Waals surface area contributed by atoms with E-state index in [4.69, 9.17) is 0 Å². The molecule has 3 N–H and O–H groups in total. The molecule has 174 valence electrons. The Morgan fingerprint density at radius 1 is 0.886 bits per heavy atom. The molecule has 0 atom stereocenters. The first-order valence-electron chi connectivity index (χ1n) is 10.8. The minimum absolute atomic E-state index is 0.222. The first kappa shape index (κ1) is 22.2. The molecular formula is C25H22N8OS. The van der Waals surface area contributed by atoms with Crippen LogP contribution in [0.1, 0.15) is 16.3 Å². The number of nitrogens with one attached hydrogen (secondary N) is 3. The Morgan fingerprint density at radius 3 is 2.37 bits per heavy atom. The van der Waals surface area contributed by atoms with Crippen molar-refractivity contribution < 1.29 is 4.79 Å². The molecule has 0 spiro atoms. The molecule has 0 radical (unpaired) electrons. The zero-order chi connectivity index (χ0) is 24.2. The van der Waals surface area contributed by atoms with Crippen LogP contribution in [0.5, 0.6) is 0 Å². The standard InChI is InChI=1S/C25H22N8OS/c1-16-27-23(15-24(28-16)31-22-7-3-4-12-26-22)29-17-8-10-18(11-9-17)30-25(34)20-14-19(32-33(20)2)21-6-5-13-35-21/h3-15H,1-2H3,(H,30,34)(H2,26,27,28,29,31). The average molecular weight is 483 g/mol. The average Bonchev–Trinajstić information content (AvgIpc) is 3.51. The lowest BCUT2D eigenvalue weighted by atomic mass is 10.2. The Labute approximate surface area is 205 Å². The van der Waals surface area contributed by atoms with Gasteiger partial charge < -0.3 is 16.0 Å². The Hall–Kier alpha value is -4.57. The van der Waals surface area contributed by atoms with Gasteiger partial charge in [-0.25, -0.2) is 15.0 Å². The molecule has 0 aliphatic rings. The van der Waals surface area contributed by atoms with Gasteiger partial charge in [0.2, 0.25) is 0 Å². The number of hydrogen-bond acceptors (Lipinski definition) is 8. The third-order valence-corrected chi connectivity index (χ3v) is 5.95. The summed E-state index contributed by atoms with van der Waals surface area (Å²) in [4.78, 5) is 27.0. The van der Waals surface area contributed by atoms with Gasteiger partial charge in [-0.3, -0.25) is 9.48 Å². The van der Waals surface area contributed by atoms with Crippen molar-refractivity contribution in [2.75, 3.05) is 16.0 Å². The van der Waals surface area contributed by atoms with Crippen LogP contribution in [-0.4, -0.2) is 30.6 Å². The highest BCUT2D eigenvalue weighted by Gasteiger charge is 2.15. The van der Waals surface area contributed by atoms with E-state index in [0.717, 1.165) is 16.3 Å². The fourth-order valence-electron chi connectivity index (χ4n) is 3.47. The normalized spacial score (nSPS) is 10.7. The van der Waals surface area contributed by atoms with Gasteiger partial charge in [-0.05, 0) is 60.8 Å². The van der Waals surface area contributed by atoms with Crippen molar-refractivity contribution in [1.29, 1.82) is 0 Å². The first-order chi connectivity index (χ1) is 17.0. The number of benzene rings is 1. The predicted molar refractivity (Wildman–Crippen MR) is 138 cm³/mol. The summed E-state index contributed by atoms with van der Waals surface area (Å²) in [5.41, 5.74) is 2.77. The summed E-state index contributed by atoms with van der Waals surface area (Å²) in [6.45, 7) is 1.83. The van der Waals surface area contributed by atoms with E-state index in [1.807, 2.05) is 73.0 Å². The summed E-state index contributed by atoms with van der Waals surface area (Å²) in [7, 11) is 1.76. The molecule has 0 bridgehead atoms. The van der Waals surface area contributed by atoms with E-state index in [9.17, 15) is 4.79 Å². The van der Waals surface area contributed by atoms with Crippen molar-refractivity contribution in [3.63, 3.8) is 0 Å². The first-order valence-corrected chi connectivity index (χ1v) is 11.7. The highest BCUT2D eigenvalue weighted by molar-refractivity contribution is 7.13. The van der Waals surface area contributed by atoms with Crippen molar-refractivity contribution in [2.24, 2.45) is 7.05 Å². The lowest BCUT2D eigenvalue weighted by Gasteiger charge is -2.11. The van der Waals surface area contributed by atoms with E-state index in [1.54, 1.807) is 35.3 Å². The van der Waals surface area contributed by atoms with E-state index >= 15 is 0 Å². The lowest BCUT2D eigenvalue weighted by Crippen LogP contribution is -2.16. The number of carbonyl (C=O) groups is 1. The van der Waals surface area contributed by atoms with Gasteiger partial charge in [0.05, 0.1) is 4.88 Å². The molecule has 0 aliphatic heterocycles. The molecule has 0 saturated heterocycles. The van der Waals surface area contributed by atoms with Crippen LogP contribution < -0.4 is 16.0 Å². The number of aryl methyl sites for hydroxylation is 2. The Bertz CT molecular complexity index is 1450. The monoisotopic (exact) mass is 482 g/mol. The van der Waals surface area contributed by atoms with E-state index in [0.29, 0.717) is 34.7 Å². The molecule has 1 amide bonds. The van der Waals surface area contributed by atoms with Gasteiger partial charge in [-0.1, -0.05) is 12.1 Å². The number of nitrogens with zero attached hydrogens (tertiary/aromatic N) is 5. The molecule has 35 heavy (non-hydrogen) atoms. The van der Waals surface area contributed by atoms with Gasteiger partial charge in [-0.2, -0.15) is 5.10 Å². The van der Waals surface area contributed by atoms with Gasteiger partial charge in [-0.15, -0.1) is 11.3 Å². The molecule has 10 heteroatoms. The summed E-state index contributed by atoms with van der Waals surface area (Å²) in [6, 6.07) is 20.6. The predicted octanol–water partition coefficient (Wildman–Crippen LogP) is 5.38. The van der Waals surface area contributed by atoms with Gasteiger partial charge in [0.25, 0.3) is 5.91 Å². The molecule has 5 rings (SSSR count). The molecule has 1 aromatic carbocycles. The quantitative estimate of drug-likeness (QED) is 0.286. The van der Waals surface area contributed by atoms with Gasteiger partial charge in [0.15, 0.2) is 0 Å². The second-order valence-electron chi connectivity index (χ2n) is 7.70. The largest absolute Gasteiger partial charge is 0.340 e. The molecular weight excluding hydrogens is 460 g/mol. The summed E-state index contributed by atoms with van der Waals surface area (Å²) in [6.07, 6.45) is 1.72. The highest BCUT2D eigenvalue weighted by Crippen LogP contribution is 2.25. The van der Waals surface area contributed by atoms with E-state index < -0.39 is 0 Å². The second kappa shape index (κ2) is 9.74. The van der Waals surface area contributed by atoms with Crippen molar-refractivity contribution in [1.82, 2.24) is 24.7 Å².